The molecule has 0 bridgehead atoms. The lowest BCUT2D eigenvalue weighted by molar-refractivity contribution is 0.307. The van der Waals surface area contributed by atoms with Crippen LogP contribution in [-0.4, -0.2) is 4.98 Å². The molecule has 0 saturated carbocycles. The monoisotopic (exact) mass is 392 g/mol. The molecule has 0 fully saturated rings. The smallest absolute Gasteiger partial charge is 0.129 e. The summed E-state index contributed by atoms with van der Waals surface area (Å²) in [6.45, 7) is 0.630. The van der Waals surface area contributed by atoms with Crippen molar-refractivity contribution in [3.05, 3.63) is 94.8 Å². The summed E-state index contributed by atoms with van der Waals surface area (Å²) in [6, 6.07) is 21.7. The molecule has 5 heteroatoms. The highest BCUT2D eigenvalue weighted by atomic mass is 35.5. The summed E-state index contributed by atoms with van der Waals surface area (Å²) < 4.78 is 20.1. The van der Waals surface area contributed by atoms with Gasteiger partial charge in [-0.15, -0.1) is 0 Å². The minimum absolute atomic E-state index is 0.263. The van der Waals surface area contributed by atoms with Crippen molar-refractivity contribution >= 4 is 22.5 Å². The van der Waals surface area contributed by atoms with Crippen LogP contribution in [0.5, 0.6) is 5.75 Å². The molecule has 140 valence electrons. The van der Waals surface area contributed by atoms with E-state index in [1.54, 1.807) is 12.1 Å². The SMILES string of the molecule is NCc1cc2cccc(Cl)c2nc1-c1cc(F)ccc1OCc1ccccc1. The Balaban J connectivity index is 1.82. The largest absolute Gasteiger partial charge is 0.488 e. The second kappa shape index (κ2) is 7.97. The Morgan fingerprint density at radius 3 is 2.57 bits per heavy atom. The fraction of sp³-hybridized carbons (Fsp3) is 0.0870. The quantitative estimate of drug-likeness (QED) is 0.471. The average molecular weight is 393 g/mol. The van der Waals surface area contributed by atoms with Crippen LogP contribution >= 0.6 is 11.6 Å². The van der Waals surface area contributed by atoms with Crippen molar-refractivity contribution in [3.63, 3.8) is 0 Å². The molecule has 1 aromatic heterocycles. The van der Waals surface area contributed by atoms with E-state index in [4.69, 9.17) is 27.1 Å². The van der Waals surface area contributed by atoms with Crippen molar-refractivity contribution in [3.8, 4) is 17.0 Å². The molecule has 0 saturated heterocycles. The topological polar surface area (TPSA) is 48.1 Å². The maximum Gasteiger partial charge on any atom is 0.129 e. The van der Waals surface area contributed by atoms with Gasteiger partial charge in [0.25, 0.3) is 0 Å². The fourth-order valence-corrected chi connectivity index (χ4v) is 3.37. The van der Waals surface area contributed by atoms with E-state index in [0.29, 0.717) is 34.2 Å². The Morgan fingerprint density at radius 1 is 0.964 bits per heavy atom. The molecular weight excluding hydrogens is 375 g/mol. The maximum absolute atomic E-state index is 14.1. The van der Waals surface area contributed by atoms with E-state index in [1.165, 1.54) is 12.1 Å². The highest BCUT2D eigenvalue weighted by molar-refractivity contribution is 6.35. The zero-order valence-electron chi connectivity index (χ0n) is 15.0. The molecule has 4 aromatic rings. The van der Waals surface area contributed by atoms with Crippen molar-refractivity contribution in [1.82, 2.24) is 4.98 Å². The van der Waals surface area contributed by atoms with Crippen LogP contribution in [-0.2, 0) is 13.2 Å². The first kappa shape index (κ1) is 18.4. The van der Waals surface area contributed by atoms with Crippen LogP contribution in [0.2, 0.25) is 5.02 Å². The van der Waals surface area contributed by atoms with Crippen LogP contribution < -0.4 is 10.5 Å². The maximum atomic E-state index is 14.1. The molecule has 0 aliphatic rings. The third-order valence-corrected chi connectivity index (χ3v) is 4.83. The van der Waals surface area contributed by atoms with Gasteiger partial charge >= 0.3 is 0 Å². The number of pyridine rings is 1. The fourth-order valence-electron chi connectivity index (χ4n) is 3.14. The van der Waals surface area contributed by atoms with Crippen molar-refractivity contribution in [2.24, 2.45) is 5.73 Å². The lowest BCUT2D eigenvalue weighted by atomic mass is 10.0. The van der Waals surface area contributed by atoms with E-state index in [1.807, 2.05) is 48.5 Å². The first-order valence-electron chi connectivity index (χ1n) is 8.90. The molecule has 1 heterocycles. The average Bonchev–Trinajstić information content (AvgIpc) is 2.73. The Labute approximate surface area is 167 Å². The number of nitrogens with zero attached hydrogens (tertiary/aromatic N) is 1. The third kappa shape index (κ3) is 3.70. The molecule has 3 aromatic carbocycles. The number of rotatable bonds is 5. The Morgan fingerprint density at radius 2 is 1.79 bits per heavy atom. The van der Waals surface area contributed by atoms with Crippen LogP contribution in [0.15, 0.2) is 72.8 Å². The Kier molecular flexibility index (Phi) is 5.24. The molecule has 0 unspecified atom stereocenters. The molecule has 0 radical (unpaired) electrons. The van der Waals surface area contributed by atoms with Crippen molar-refractivity contribution in [2.45, 2.75) is 13.2 Å². The minimum Gasteiger partial charge on any atom is -0.488 e. The zero-order chi connectivity index (χ0) is 19.5. The van der Waals surface area contributed by atoms with Gasteiger partial charge in [-0.1, -0.05) is 54.1 Å². The highest BCUT2D eigenvalue weighted by Gasteiger charge is 2.16. The second-order valence-corrected chi connectivity index (χ2v) is 6.83. The number of para-hydroxylation sites is 1. The van der Waals surface area contributed by atoms with Gasteiger partial charge in [0.2, 0.25) is 0 Å². The lowest BCUT2D eigenvalue weighted by Gasteiger charge is -2.15. The molecular formula is C23H18ClFN2O. The van der Waals surface area contributed by atoms with E-state index in [0.717, 1.165) is 16.5 Å². The molecule has 0 aliphatic carbocycles. The molecule has 0 amide bonds. The highest BCUT2D eigenvalue weighted by Crippen LogP contribution is 2.35. The van der Waals surface area contributed by atoms with Gasteiger partial charge in [0, 0.05) is 17.5 Å². The molecule has 28 heavy (non-hydrogen) atoms. The Hall–Kier alpha value is -2.95. The molecule has 2 N–H and O–H groups in total. The summed E-state index contributed by atoms with van der Waals surface area (Å²) in [5.41, 5.74) is 9.56. The molecule has 0 aliphatic heterocycles. The van der Waals surface area contributed by atoms with Crippen LogP contribution in [0, 0.1) is 5.82 Å². The summed E-state index contributed by atoms with van der Waals surface area (Å²) in [6.07, 6.45) is 0. The Bertz CT molecular complexity index is 1130. The predicted molar refractivity (Wildman–Crippen MR) is 111 cm³/mol. The van der Waals surface area contributed by atoms with E-state index in [2.05, 4.69) is 0 Å². The molecule has 0 spiro atoms. The standard InChI is InChI=1S/C23H18ClFN2O/c24-20-8-4-7-16-11-17(13-26)22(27-23(16)20)19-12-18(25)9-10-21(19)28-14-15-5-2-1-3-6-15/h1-12H,13-14,26H2. The van der Waals surface area contributed by atoms with E-state index in [-0.39, 0.29) is 12.4 Å². The van der Waals surface area contributed by atoms with Gasteiger partial charge in [-0.25, -0.2) is 9.37 Å². The van der Waals surface area contributed by atoms with Gasteiger partial charge < -0.3 is 10.5 Å². The summed E-state index contributed by atoms with van der Waals surface area (Å²) in [4.78, 5) is 4.71. The summed E-state index contributed by atoms with van der Waals surface area (Å²) in [5, 5.41) is 1.42. The number of aromatic nitrogens is 1. The van der Waals surface area contributed by atoms with Gasteiger partial charge in [-0.05, 0) is 41.5 Å². The van der Waals surface area contributed by atoms with Crippen LogP contribution in [0.3, 0.4) is 0 Å². The van der Waals surface area contributed by atoms with E-state index < -0.39 is 0 Å². The van der Waals surface area contributed by atoms with E-state index in [9.17, 15) is 4.39 Å². The third-order valence-electron chi connectivity index (χ3n) is 4.53. The molecule has 3 nitrogen and oxygen atoms in total. The van der Waals surface area contributed by atoms with Crippen LogP contribution in [0.1, 0.15) is 11.1 Å². The van der Waals surface area contributed by atoms with Gasteiger partial charge in [-0.3, -0.25) is 0 Å². The lowest BCUT2D eigenvalue weighted by Crippen LogP contribution is -2.04. The van der Waals surface area contributed by atoms with Crippen molar-refractivity contribution in [1.29, 1.82) is 0 Å². The first-order valence-corrected chi connectivity index (χ1v) is 9.28. The van der Waals surface area contributed by atoms with Crippen molar-refractivity contribution in [2.75, 3.05) is 0 Å². The number of hydrogen-bond acceptors (Lipinski definition) is 3. The van der Waals surface area contributed by atoms with Crippen molar-refractivity contribution < 1.29 is 9.13 Å². The minimum atomic E-state index is -0.369. The number of ether oxygens (including phenoxy) is 1. The zero-order valence-corrected chi connectivity index (χ0v) is 15.8. The normalized spacial score (nSPS) is 11.0. The summed E-state index contributed by atoms with van der Waals surface area (Å²) >= 11 is 6.33. The van der Waals surface area contributed by atoms with Gasteiger partial charge in [0.15, 0.2) is 0 Å². The molecule has 0 atom stereocenters. The number of hydrogen-bond donors (Lipinski definition) is 1. The van der Waals surface area contributed by atoms with Crippen LogP contribution in [0.4, 0.5) is 4.39 Å². The first-order chi connectivity index (χ1) is 13.7. The number of nitrogens with two attached hydrogens (primary N) is 1. The predicted octanol–water partition coefficient (Wildman–Crippen LogP) is 5.73. The van der Waals surface area contributed by atoms with Gasteiger partial charge in [0.1, 0.15) is 18.2 Å². The second-order valence-electron chi connectivity index (χ2n) is 6.43. The van der Waals surface area contributed by atoms with Gasteiger partial charge in [0.05, 0.1) is 16.2 Å². The molecule has 4 rings (SSSR count). The number of fused-ring (bicyclic) bond motifs is 1. The number of halogens is 2. The van der Waals surface area contributed by atoms with Crippen LogP contribution in [0.25, 0.3) is 22.2 Å². The van der Waals surface area contributed by atoms with Gasteiger partial charge in [-0.2, -0.15) is 0 Å². The summed E-state index contributed by atoms with van der Waals surface area (Å²) in [7, 11) is 0. The summed E-state index contributed by atoms with van der Waals surface area (Å²) in [5.74, 6) is 0.171. The van der Waals surface area contributed by atoms with E-state index >= 15 is 0 Å². The number of benzene rings is 3.